The van der Waals surface area contributed by atoms with Gasteiger partial charge >= 0.3 is 0 Å². The molecule has 1 rings (SSSR count). The van der Waals surface area contributed by atoms with E-state index in [1.54, 1.807) is 13.8 Å². The van der Waals surface area contributed by atoms with Crippen molar-refractivity contribution in [2.24, 2.45) is 5.92 Å². The van der Waals surface area contributed by atoms with Gasteiger partial charge in [-0.05, 0) is 19.8 Å². The van der Waals surface area contributed by atoms with Crippen LogP contribution < -0.4 is 11.1 Å². The van der Waals surface area contributed by atoms with Crippen molar-refractivity contribution in [3.05, 3.63) is 31.8 Å². The van der Waals surface area contributed by atoms with Crippen molar-refractivity contribution in [2.75, 3.05) is 5.33 Å². The van der Waals surface area contributed by atoms with Crippen LogP contribution in [0.2, 0.25) is 0 Å². The topological polar surface area (TPSA) is 54.9 Å². The van der Waals surface area contributed by atoms with Gasteiger partial charge in [-0.15, -0.1) is 0 Å². The summed E-state index contributed by atoms with van der Waals surface area (Å²) >= 11 is 3.40. The Morgan fingerprint density at radius 3 is 2.44 bits per heavy atom. The van der Waals surface area contributed by atoms with Crippen LogP contribution >= 0.6 is 15.9 Å². The van der Waals surface area contributed by atoms with Crippen LogP contribution in [0.15, 0.2) is 9.59 Å². The lowest BCUT2D eigenvalue weighted by Crippen LogP contribution is -2.35. The lowest BCUT2D eigenvalue weighted by molar-refractivity contribution is 0.427. The number of halogens is 1. The molecule has 0 aromatic carbocycles. The molecule has 1 atom stereocenters. The Kier molecular flexibility index (Phi) is 4.53. The zero-order valence-corrected chi connectivity index (χ0v) is 11.4. The first kappa shape index (κ1) is 13.2. The molecule has 0 aliphatic rings. The van der Waals surface area contributed by atoms with Gasteiger partial charge in [0.05, 0.1) is 0 Å². The number of aromatic nitrogens is 2. The fourth-order valence-corrected chi connectivity index (χ4v) is 2.13. The third kappa shape index (κ3) is 2.64. The molecule has 4 nitrogen and oxygen atoms in total. The van der Waals surface area contributed by atoms with Gasteiger partial charge in [-0.3, -0.25) is 14.7 Å². The van der Waals surface area contributed by atoms with Crippen LogP contribution in [-0.2, 0) is 6.54 Å². The molecule has 1 N–H and O–H groups in total. The summed E-state index contributed by atoms with van der Waals surface area (Å²) in [5, 5.41) is 3.44. The largest absolute Gasteiger partial charge is 0.268 e. The first-order valence-electron chi connectivity index (χ1n) is 5.37. The maximum Gasteiger partial charge on any atom is 0.268 e. The Labute approximate surface area is 103 Å². The van der Waals surface area contributed by atoms with Crippen molar-refractivity contribution in [1.29, 1.82) is 0 Å². The number of hydrogen-bond acceptors (Lipinski definition) is 2. The minimum Gasteiger partial charge on any atom is -0.268 e. The summed E-state index contributed by atoms with van der Waals surface area (Å²) in [4.78, 5) is 23.4. The molecule has 0 bridgehead atoms. The normalized spacial score (nSPS) is 12.8. The standard InChI is InChI=1S/C11H17BrN2O2/c1-4-9(5-12)6-14-11(16)8(3)7(2)10(15)13-14/h9H,4-6H2,1-3H3,(H,13,15). The molecule has 16 heavy (non-hydrogen) atoms. The zero-order valence-electron chi connectivity index (χ0n) is 9.84. The maximum atomic E-state index is 11.9. The molecule has 0 radical (unpaired) electrons. The molecule has 0 amide bonds. The summed E-state index contributed by atoms with van der Waals surface area (Å²) in [7, 11) is 0. The van der Waals surface area contributed by atoms with E-state index in [-0.39, 0.29) is 11.1 Å². The minimum atomic E-state index is -0.179. The monoisotopic (exact) mass is 288 g/mol. The number of nitrogens with zero attached hydrogens (tertiary/aromatic N) is 1. The van der Waals surface area contributed by atoms with E-state index in [0.29, 0.717) is 23.6 Å². The maximum absolute atomic E-state index is 11.9. The third-order valence-corrected chi connectivity index (χ3v) is 3.86. The zero-order chi connectivity index (χ0) is 12.3. The first-order valence-corrected chi connectivity index (χ1v) is 6.49. The average molecular weight is 289 g/mol. The van der Waals surface area contributed by atoms with Crippen molar-refractivity contribution >= 4 is 15.9 Å². The Morgan fingerprint density at radius 1 is 1.31 bits per heavy atom. The predicted molar refractivity (Wildman–Crippen MR) is 68.4 cm³/mol. The Bertz CT molecular complexity index is 472. The Hall–Kier alpha value is -0.840. The molecule has 1 unspecified atom stereocenters. The van der Waals surface area contributed by atoms with Crippen molar-refractivity contribution in [1.82, 2.24) is 9.78 Å². The fraction of sp³-hybridized carbons (Fsp3) is 0.636. The predicted octanol–water partition coefficient (Wildman–Crippen LogP) is 1.57. The van der Waals surface area contributed by atoms with Gasteiger partial charge in [-0.2, -0.15) is 0 Å². The van der Waals surface area contributed by atoms with Crippen LogP contribution in [0.1, 0.15) is 24.5 Å². The molecule has 1 aromatic heterocycles. The quantitative estimate of drug-likeness (QED) is 0.855. The minimum absolute atomic E-state index is 0.100. The van der Waals surface area contributed by atoms with Crippen molar-refractivity contribution in [3.63, 3.8) is 0 Å². The molecule has 0 aliphatic heterocycles. The lowest BCUT2D eigenvalue weighted by Gasteiger charge is -2.14. The van der Waals surface area contributed by atoms with E-state index in [9.17, 15) is 9.59 Å². The van der Waals surface area contributed by atoms with Gasteiger partial charge in [0, 0.05) is 23.0 Å². The van der Waals surface area contributed by atoms with E-state index < -0.39 is 0 Å². The molecule has 1 heterocycles. The van der Waals surface area contributed by atoms with E-state index >= 15 is 0 Å². The van der Waals surface area contributed by atoms with Gasteiger partial charge in [-0.1, -0.05) is 29.3 Å². The summed E-state index contributed by atoms with van der Waals surface area (Å²) in [5.74, 6) is 0.357. The number of nitrogens with one attached hydrogen (secondary N) is 1. The summed E-state index contributed by atoms with van der Waals surface area (Å²) in [6, 6.07) is 0. The summed E-state index contributed by atoms with van der Waals surface area (Å²) in [6.45, 7) is 5.98. The Balaban J connectivity index is 3.16. The van der Waals surface area contributed by atoms with Crippen LogP contribution in [0.4, 0.5) is 0 Å². The highest BCUT2D eigenvalue weighted by molar-refractivity contribution is 9.09. The highest BCUT2D eigenvalue weighted by atomic mass is 79.9. The smallest absolute Gasteiger partial charge is 0.268 e. The number of aromatic amines is 1. The van der Waals surface area contributed by atoms with Crippen molar-refractivity contribution < 1.29 is 0 Å². The summed E-state index contributed by atoms with van der Waals surface area (Å²) in [6.07, 6.45) is 0.965. The Morgan fingerprint density at radius 2 is 1.94 bits per heavy atom. The van der Waals surface area contributed by atoms with E-state index in [1.165, 1.54) is 4.68 Å². The molecule has 0 spiro atoms. The molecular weight excluding hydrogens is 272 g/mol. The summed E-state index contributed by atoms with van der Waals surface area (Å²) < 4.78 is 1.42. The first-order chi connectivity index (χ1) is 7.51. The molecule has 90 valence electrons. The molecule has 0 saturated carbocycles. The van der Waals surface area contributed by atoms with Gasteiger partial charge in [0.1, 0.15) is 0 Å². The third-order valence-electron chi connectivity index (χ3n) is 2.94. The van der Waals surface area contributed by atoms with Crippen LogP contribution in [0.25, 0.3) is 0 Å². The van der Waals surface area contributed by atoms with Gasteiger partial charge in [0.2, 0.25) is 0 Å². The second-order valence-electron chi connectivity index (χ2n) is 4.04. The van der Waals surface area contributed by atoms with E-state index in [2.05, 4.69) is 28.0 Å². The highest BCUT2D eigenvalue weighted by Crippen LogP contribution is 2.07. The number of rotatable bonds is 4. The molecule has 1 aromatic rings. The molecular formula is C11H17BrN2O2. The van der Waals surface area contributed by atoms with Crippen LogP contribution in [0.3, 0.4) is 0 Å². The van der Waals surface area contributed by atoms with Crippen molar-refractivity contribution in [2.45, 2.75) is 33.7 Å². The van der Waals surface area contributed by atoms with Crippen molar-refractivity contribution in [3.8, 4) is 0 Å². The van der Waals surface area contributed by atoms with Crippen LogP contribution in [0.5, 0.6) is 0 Å². The van der Waals surface area contributed by atoms with E-state index in [0.717, 1.165) is 11.8 Å². The molecule has 0 aliphatic carbocycles. The molecule has 0 saturated heterocycles. The lowest BCUT2D eigenvalue weighted by atomic mass is 10.1. The van der Waals surface area contributed by atoms with Gasteiger partial charge < -0.3 is 0 Å². The van der Waals surface area contributed by atoms with Crippen LogP contribution in [-0.4, -0.2) is 15.1 Å². The van der Waals surface area contributed by atoms with Crippen LogP contribution in [0, 0.1) is 19.8 Å². The van der Waals surface area contributed by atoms with Gasteiger partial charge in [0.25, 0.3) is 11.1 Å². The number of hydrogen-bond donors (Lipinski definition) is 1. The molecule has 5 heteroatoms. The number of alkyl halides is 1. The SMILES string of the molecule is CCC(CBr)Cn1[nH]c(=O)c(C)c(C)c1=O. The second kappa shape index (κ2) is 5.48. The molecule has 0 fully saturated rings. The van der Waals surface area contributed by atoms with Gasteiger partial charge in [-0.25, -0.2) is 4.68 Å². The van der Waals surface area contributed by atoms with E-state index in [1.807, 2.05) is 0 Å². The fourth-order valence-electron chi connectivity index (χ4n) is 1.46. The van der Waals surface area contributed by atoms with E-state index in [4.69, 9.17) is 0 Å². The number of H-pyrrole nitrogens is 1. The average Bonchev–Trinajstić information content (AvgIpc) is 2.29. The van der Waals surface area contributed by atoms with Gasteiger partial charge in [0.15, 0.2) is 0 Å². The second-order valence-corrected chi connectivity index (χ2v) is 4.68. The highest BCUT2D eigenvalue weighted by Gasteiger charge is 2.11. The summed E-state index contributed by atoms with van der Waals surface area (Å²) in [5.41, 5.74) is 0.763.